The van der Waals surface area contributed by atoms with Crippen molar-refractivity contribution in [3.63, 3.8) is 0 Å². The molecule has 1 unspecified atom stereocenters. The van der Waals surface area contributed by atoms with Gasteiger partial charge in [-0.25, -0.2) is 0 Å². The molecule has 1 amide bonds. The topological polar surface area (TPSA) is 76.1 Å². The molecule has 0 aromatic heterocycles. The molecule has 6 nitrogen and oxygen atoms in total. The van der Waals surface area contributed by atoms with Gasteiger partial charge in [-0.1, -0.05) is 29.8 Å². The van der Waals surface area contributed by atoms with Crippen LogP contribution in [0, 0.1) is 0 Å². The number of hydrogen-bond donors (Lipinski definition) is 1. The molecule has 0 saturated carbocycles. The monoisotopic (exact) mass is 443 g/mol. The first-order valence-corrected chi connectivity index (χ1v) is 10.5. The molecule has 2 aromatic rings. The van der Waals surface area contributed by atoms with Crippen LogP contribution in [0.3, 0.4) is 0 Å². The predicted octanol–water partition coefficient (Wildman–Crippen LogP) is 4.59. The maximum absolute atomic E-state index is 13.0. The number of amides is 1. The second-order valence-electron chi connectivity index (χ2n) is 7.51. The molecule has 2 aromatic carbocycles. The number of rotatable bonds is 8. The van der Waals surface area contributed by atoms with Gasteiger partial charge in [0.25, 0.3) is 11.7 Å². The van der Waals surface area contributed by atoms with Crippen molar-refractivity contribution in [2.45, 2.75) is 32.4 Å². The Kier molecular flexibility index (Phi) is 7.36. The lowest BCUT2D eigenvalue weighted by atomic mass is 9.94. The Balaban J connectivity index is 2.07. The molecular weight excluding hydrogens is 418 g/mol. The number of benzene rings is 2. The summed E-state index contributed by atoms with van der Waals surface area (Å²) in [6.07, 6.45) is 0.628. The van der Waals surface area contributed by atoms with E-state index in [1.165, 1.54) is 12.0 Å². The summed E-state index contributed by atoms with van der Waals surface area (Å²) < 4.78 is 11.1. The summed E-state index contributed by atoms with van der Waals surface area (Å²) in [4.78, 5) is 27.4. The molecule has 1 saturated heterocycles. The maximum atomic E-state index is 13.0. The van der Waals surface area contributed by atoms with Gasteiger partial charge in [0, 0.05) is 29.3 Å². The number of hydrogen-bond acceptors (Lipinski definition) is 5. The first-order chi connectivity index (χ1) is 14.8. The van der Waals surface area contributed by atoms with E-state index in [-0.39, 0.29) is 17.4 Å². The molecule has 1 atom stereocenters. The minimum atomic E-state index is -0.772. The number of Topliss-reactive ketones (excluding diaryl/α,β-unsaturated/α-hetero) is 1. The average Bonchev–Trinajstić information content (AvgIpc) is 3.01. The van der Waals surface area contributed by atoms with Gasteiger partial charge in [0.05, 0.1) is 24.8 Å². The lowest BCUT2D eigenvalue weighted by molar-refractivity contribution is -0.140. The van der Waals surface area contributed by atoms with Gasteiger partial charge in [-0.3, -0.25) is 9.59 Å². The highest BCUT2D eigenvalue weighted by molar-refractivity contribution is 6.46. The van der Waals surface area contributed by atoms with E-state index in [1.54, 1.807) is 36.4 Å². The summed E-state index contributed by atoms with van der Waals surface area (Å²) in [7, 11) is 1.53. The third kappa shape index (κ3) is 4.92. The van der Waals surface area contributed by atoms with Crippen molar-refractivity contribution >= 4 is 29.1 Å². The Morgan fingerprint density at radius 2 is 1.81 bits per heavy atom. The summed E-state index contributed by atoms with van der Waals surface area (Å²) in [5, 5.41) is 11.5. The molecule has 164 valence electrons. The molecule has 1 aliphatic heterocycles. The molecule has 31 heavy (non-hydrogen) atoms. The number of ketones is 1. The molecule has 0 radical (unpaired) electrons. The van der Waals surface area contributed by atoms with Crippen LogP contribution in [-0.4, -0.2) is 48.1 Å². The van der Waals surface area contributed by atoms with E-state index in [9.17, 15) is 14.7 Å². The first-order valence-electron chi connectivity index (χ1n) is 10.1. The van der Waals surface area contributed by atoms with E-state index in [2.05, 4.69) is 0 Å². The van der Waals surface area contributed by atoms with Gasteiger partial charge in [0.2, 0.25) is 0 Å². The summed E-state index contributed by atoms with van der Waals surface area (Å²) in [6.45, 7) is 4.63. The van der Waals surface area contributed by atoms with Gasteiger partial charge in [-0.2, -0.15) is 0 Å². The zero-order valence-corrected chi connectivity index (χ0v) is 18.6. The SMILES string of the molecule is COc1ccccc1C1/C(=C(/O)c2ccc(Cl)cc2)C(=O)C(=O)N1CCCOC(C)C. The first kappa shape index (κ1) is 22.8. The standard InChI is InChI=1S/C24H26ClNO5/c1-15(2)31-14-6-13-26-21(18-7-4-5-8-19(18)30-3)20(23(28)24(26)29)22(27)16-9-11-17(25)12-10-16/h4-5,7-12,15,21,27H,6,13-14H2,1-3H3/b22-20-. The molecule has 0 spiro atoms. The number of halogens is 1. The fourth-order valence-electron chi connectivity index (χ4n) is 3.64. The van der Waals surface area contributed by atoms with Crippen LogP contribution >= 0.6 is 11.6 Å². The Hall–Kier alpha value is -2.83. The van der Waals surface area contributed by atoms with Gasteiger partial charge in [0.1, 0.15) is 11.5 Å². The number of para-hydroxylation sites is 1. The molecule has 1 N–H and O–H groups in total. The van der Waals surface area contributed by atoms with E-state index in [0.717, 1.165) is 0 Å². The normalized spacial score (nSPS) is 18.1. The molecule has 3 rings (SSSR count). The van der Waals surface area contributed by atoms with Gasteiger partial charge in [-0.15, -0.1) is 0 Å². The fourth-order valence-corrected chi connectivity index (χ4v) is 3.77. The number of nitrogens with zero attached hydrogens (tertiary/aromatic N) is 1. The molecule has 7 heteroatoms. The van der Waals surface area contributed by atoms with Crippen molar-refractivity contribution in [3.8, 4) is 5.75 Å². The van der Waals surface area contributed by atoms with Crippen molar-refractivity contribution < 1.29 is 24.2 Å². The third-order valence-corrected chi connectivity index (χ3v) is 5.34. The van der Waals surface area contributed by atoms with E-state index in [0.29, 0.717) is 41.5 Å². The highest BCUT2D eigenvalue weighted by Crippen LogP contribution is 2.42. The zero-order chi connectivity index (χ0) is 22.5. The number of ether oxygens (including phenoxy) is 2. The molecule has 1 fully saturated rings. The lowest BCUT2D eigenvalue weighted by Gasteiger charge is -2.26. The van der Waals surface area contributed by atoms with Crippen LogP contribution in [0.5, 0.6) is 5.75 Å². The second-order valence-corrected chi connectivity index (χ2v) is 7.95. The summed E-state index contributed by atoms with van der Waals surface area (Å²) in [5.74, 6) is -1.10. The minimum absolute atomic E-state index is 0.0293. The van der Waals surface area contributed by atoms with Crippen LogP contribution in [0.25, 0.3) is 5.76 Å². The Morgan fingerprint density at radius 1 is 1.13 bits per heavy atom. The van der Waals surface area contributed by atoms with Crippen molar-refractivity contribution in [3.05, 3.63) is 70.3 Å². The zero-order valence-electron chi connectivity index (χ0n) is 17.8. The van der Waals surface area contributed by atoms with Crippen molar-refractivity contribution in [2.75, 3.05) is 20.3 Å². The van der Waals surface area contributed by atoms with Crippen LogP contribution in [0.15, 0.2) is 54.1 Å². The molecule has 0 bridgehead atoms. The van der Waals surface area contributed by atoms with Gasteiger partial charge < -0.3 is 19.5 Å². The number of methoxy groups -OCH3 is 1. The molecule has 0 aliphatic carbocycles. The Morgan fingerprint density at radius 3 is 2.45 bits per heavy atom. The number of likely N-dealkylation sites (tertiary alicyclic amines) is 1. The quantitative estimate of drug-likeness (QED) is 0.279. The van der Waals surface area contributed by atoms with E-state index >= 15 is 0 Å². The summed E-state index contributed by atoms with van der Waals surface area (Å²) in [6, 6.07) is 12.9. The minimum Gasteiger partial charge on any atom is -0.507 e. The Bertz CT molecular complexity index is 984. The number of aliphatic hydroxyl groups excluding tert-OH is 1. The summed E-state index contributed by atoms with van der Waals surface area (Å²) >= 11 is 5.95. The lowest BCUT2D eigenvalue weighted by Crippen LogP contribution is -2.31. The second kappa shape index (κ2) is 9.98. The largest absolute Gasteiger partial charge is 0.507 e. The van der Waals surface area contributed by atoms with Crippen molar-refractivity contribution in [1.82, 2.24) is 4.90 Å². The number of carbonyl (C=O) groups excluding carboxylic acids is 2. The predicted molar refractivity (Wildman–Crippen MR) is 119 cm³/mol. The maximum Gasteiger partial charge on any atom is 0.295 e. The highest BCUT2D eigenvalue weighted by Gasteiger charge is 2.46. The van der Waals surface area contributed by atoms with Crippen LogP contribution in [0.4, 0.5) is 0 Å². The smallest absolute Gasteiger partial charge is 0.295 e. The molecule has 1 aliphatic rings. The Labute approximate surface area is 187 Å². The van der Waals surface area contributed by atoms with E-state index in [1.807, 2.05) is 26.0 Å². The molecular formula is C24H26ClNO5. The molecule has 1 heterocycles. The third-order valence-electron chi connectivity index (χ3n) is 5.09. The van der Waals surface area contributed by atoms with Crippen molar-refractivity contribution in [2.24, 2.45) is 0 Å². The van der Waals surface area contributed by atoms with Gasteiger partial charge >= 0.3 is 0 Å². The van der Waals surface area contributed by atoms with Gasteiger partial charge in [0.15, 0.2) is 0 Å². The summed E-state index contributed by atoms with van der Waals surface area (Å²) in [5.41, 5.74) is 1.07. The number of carbonyl (C=O) groups is 2. The van der Waals surface area contributed by atoms with Crippen molar-refractivity contribution in [1.29, 1.82) is 0 Å². The van der Waals surface area contributed by atoms with Crippen LogP contribution in [-0.2, 0) is 14.3 Å². The van der Waals surface area contributed by atoms with Crippen LogP contribution in [0.1, 0.15) is 37.4 Å². The van der Waals surface area contributed by atoms with E-state index in [4.69, 9.17) is 21.1 Å². The van der Waals surface area contributed by atoms with Crippen LogP contribution < -0.4 is 4.74 Å². The highest BCUT2D eigenvalue weighted by atomic mass is 35.5. The van der Waals surface area contributed by atoms with Gasteiger partial charge in [-0.05, 0) is 50.6 Å². The fraction of sp³-hybridized carbons (Fsp3) is 0.333. The van der Waals surface area contributed by atoms with Crippen LogP contribution in [0.2, 0.25) is 5.02 Å². The van der Waals surface area contributed by atoms with E-state index < -0.39 is 17.7 Å². The average molecular weight is 444 g/mol. The number of aliphatic hydroxyl groups is 1.